The van der Waals surface area contributed by atoms with Gasteiger partial charge >= 0.3 is 0 Å². The topological polar surface area (TPSA) is 29.9 Å². The summed E-state index contributed by atoms with van der Waals surface area (Å²) in [6.45, 7) is 0. The summed E-state index contributed by atoms with van der Waals surface area (Å²) in [7, 11) is 0. The lowest BCUT2D eigenvalue weighted by atomic mass is 9.98. The lowest BCUT2D eigenvalue weighted by Crippen LogP contribution is -1.99. The average Bonchev–Trinajstić information content (AvgIpc) is 3.54. The fourth-order valence-corrected chi connectivity index (χ4v) is 6.87. The molecule has 46 heavy (non-hydrogen) atoms. The van der Waals surface area contributed by atoms with Crippen LogP contribution < -0.4 is 5.32 Å². The summed E-state index contributed by atoms with van der Waals surface area (Å²) in [6, 6.07) is 60.1. The first kappa shape index (κ1) is 26.2. The van der Waals surface area contributed by atoms with E-state index >= 15 is 0 Å². The summed E-state index contributed by atoms with van der Waals surface area (Å²) in [6.07, 6.45) is 0. The van der Waals surface area contributed by atoms with Gasteiger partial charge in [-0.25, -0.2) is 4.98 Å². The number of nitrogens with one attached hydrogen (secondary N) is 1. The van der Waals surface area contributed by atoms with Gasteiger partial charge in [0.05, 0.1) is 16.7 Å². The van der Waals surface area contributed by atoms with Crippen LogP contribution >= 0.6 is 0 Å². The van der Waals surface area contributed by atoms with E-state index in [1.54, 1.807) is 0 Å². The maximum atomic E-state index is 5.44. The Labute approximate surface area is 267 Å². The smallest absolute Gasteiger partial charge is 0.145 e. The molecule has 216 valence electrons. The first-order valence-corrected chi connectivity index (χ1v) is 15.7. The van der Waals surface area contributed by atoms with E-state index in [4.69, 9.17) is 4.98 Å². The highest BCUT2D eigenvalue weighted by atomic mass is 15.1. The first-order valence-electron chi connectivity index (χ1n) is 15.7. The van der Waals surface area contributed by atoms with E-state index in [0.717, 1.165) is 44.9 Å². The molecule has 0 radical (unpaired) electrons. The lowest BCUT2D eigenvalue weighted by molar-refractivity contribution is 1.11. The molecule has 0 bridgehead atoms. The first-order chi connectivity index (χ1) is 22.8. The number of fused-ring (bicyclic) bond motifs is 7. The molecule has 0 aliphatic rings. The molecule has 0 spiro atoms. The summed E-state index contributed by atoms with van der Waals surface area (Å²) in [5, 5.41) is 11.0. The number of nitrogens with zero attached hydrogens (tertiary/aromatic N) is 2. The third kappa shape index (κ3) is 4.25. The molecule has 0 saturated carbocycles. The molecule has 8 aromatic carbocycles. The Kier molecular flexibility index (Phi) is 6.14. The van der Waals surface area contributed by atoms with Gasteiger partial charge in [-0.1, -0.05) is 146 Å². The van der Waals surface area contributed by atoms with Crippen molar-refractivity contribution >= 4 is 54.7 Å². The number of benzene rings is 8. The molecule has 1 heterocycles. The zero-order valence-corrected chi connectivity index (χ0v) is 25.1. The normalized spacial score (nSPS) is 11.5. The van der Waals surface area contributed by atoms with Gasteiger partial charge in [-0.15, -0.1) is 0 Å². The van der Waals surface area contributed by atoms with Crippen molar-refractivity contribution in [1.82, 2.24) is 9.55 Å². The van der Waals surface area contributed by atoms with Crippen molar-refractivity contribution in [3.8, 4) is 28.2 Å². The summed E-state index contributed by atoms with van der Waals surface area (Å²) < 4.78 is 2.33. The number of anilines is 2. The van der Waals surface area contributed by atoms with Crippen molar-refractivity contribution in [3.63, 3.8) is 0 Å². The maximum Gasteiger partial charge on any atom is 0.145 e. The van der Waals surface area contributed by atoms with Gasteiger partial charge < -0.3 is 5.32 Å². The van der Waals surface area contributed by atoms with Crippen LogP contribution in [0.4, 0.5) is 11.4 Å². The largest absolute Gasteiger partial charge is 0.354 e. The highest BCUT2D eigenvalue weighted by Gasteiger charge is 2.20. The summed E-state index contributed by atoms with van der Waals surface area (Å²) in [5.41, 5.74) is 8.69. The van der Waals surface area contributed by atoms with E-state index in [2.05, 4.69) is 180 Å². The van der Waals surface area contributed by atoms with Crippen LogP contribution in [-0.4, -0.2) is 9.55 Å². The van der Waals surface area contributed by atoms with Crippen molar-refractivity contribution in [2.45, 2.75) is 0 Å². The number of imidazole rings is 1. The van der Waals surface area contributed by atoms with Gasteiger partial charge in [0, 0.05) is 38.7 Å². The molecule has 0 aliphatic heterocycles. The van der Waals surface area contributed by atoms with Gasteiger partial charge in [-0.05, 0) is 46.0 Å². The highest BCUT2D eigenvalue weighted by Crippen LogP contribution is 2.41. The van der Waals surface area contributed by atoms with E-state index in [1.807, 2.05) is 0 Å². The van der Waals surface area contributed by atoms with Gasteiger partial charge in [0.15, 0.2) is 0 Å². The molecule has 9 aromatic rings. The van der Waals surface area contributed by atoms with E-state index < -0.39 is 0 Å². The van der Waals surface area contributed by atoms with Crippen LogP contribution in [0.5, 0.6) is 0 Å². The van der Waals surface area contributed by atoms with Crippen molar-refractivity contribution in [1.29, 1.82) is 0 Å². The molecule has 0 fully saturated rings. The number of rotatable bonds is 5. The Morgan fingerprint density at radius 3 is 1.85 bits per heavy atom. The summed E-state index contributed by atoms with van der Waals surface area (Å²) >= 11 is 0. The molecule has 0 amide bonds. The second-order valence-electron chi connectivity index (χ2n) is 11.7. The quantitative estimate of drug-likeness (QED) is 0.203. The maximum absolute atomic E-state index is 5.44. The Morgan fingerprint density at radius 1 is 0.457 bits per heavy atom. The van der Waals surface area contributed by atoms with Crippen molar-refractivity contribution in [2.75, 3.05) is 5.32 Å². The zero-order valence-electron chi connectivity index (χ0n) is 25.1. The molecule has 9 rings (SSSR count). The van der Waals surface area contributed by atoms with Gasteiger partial charge in [0.2, 0.25) is 0 Å². The predicted octanol–water partition coefficient (Wildman–Crippen LogP) is 11.6. The third-order valence-corrected chi connectivity index (χ3v) is 8.95. The average molecular weight is 588 g/mol. The molecule has 3 nitrogen and oxygen atoms in total. The van der Waals surface area contributed by atoms with E-state index in [-0.39, 0.29) is 0 Å². The highest BCUT2D eigenvalue weighted by molar-refractivity contribution is 6.24. The van der Waals surface area contributed by atoms with Crippen LogP contribution in [0.1, 0.15) is 0 Å². The number of hydrogen-bond donors (Lipinski definition) is 1. The predicted molar refractivity (Wildman–Crippen MR) is 194 cm³/mol. The van der Waals surface area contributed by atoms with Crippen molar-refractivity contribution < 1.29 is 0 Å². The van der Waals surface area contributed by atoms with Crippen molar-refractivity contribution in [3.05, 3.63) is 170 Å². The SMILES string of the molecule is c1ccc(-c2ccc3ccccc3c2Nc2cccc(-c3nc4c5ccccc5c5ccccc5c4n3-c3ccccc3)c2)cc1. The zero-order chi connectivity index (χ0) is 30.5. The summed E-state index contributed by atoms with van der Waals surface area (Å²) in [5.74, 6) is 0.910. The summed E-state index contributed by atoms with van der Waals surface area (Å²) in [4.78, 5) is 5.44. The minimum absolute atomic E-state index is 0.910. The van der Waals surface area contributed by atoms with E-state index in [9.17, 15) is 0 Å². The van der Waals surface area contributed by atoms with Gasteiger partial charge in [0.25, 0.3) is 0 Å². The van der Waals surface area contributed by atoms with Crippen LogP contribution in [-0.2, 0) is 0 Å². The van der Waals surface area contributed by atoms with Crippen LogP contribution in [0.25, 0.3) is 71.6 Å². The molecule has 1 aromatic heterocycles. The van der Waals surface area contributed by atoms with E-state index in [1.165, 1.54) is 38.1 Å². The fraction of sp³-hybridized carbons (Fsp3) is 0. The van der Waals surface area contributed by atoms with E-state index in [0.29, 0.717) is 0 Å². The second kappa shape index (κ2) is 10.8. The van der Waals surface area contributed by atoms with Gasteiger partial charge in [-0.2, -0.15) is 0 Å². The molecule has 0 saturated heterocycles. The van der Waals surface area contributed by atoms with Crippen LogP contribution in [0, 0.1) is 0 Å². The molecule has 0 atom stereocenters. The lowest BCUT2D eigenvalue weighted by Gasteiger charge is -2.17. The molecule has 3 heteroatoms. The van der Waals surface area contributed by atoms with Gasteiger partial charge in [-0.3, -0.25) is 4.57 Å². The molecule has 1 N–H and O–H groups in total. The minimum atomic E-state index is 0.910. The number of para-hydroxylation sites is 1. The van der Waals surface area contributed by atoms with Crippen molar-refractivity contribution in [2.24, 2.45) is 0 Å². The number of hydrogen-bond acceptors (Lipinski definition) is 2. The molecular weight excluding hydrogens is 558 g/mol. The fourth-order valence-electron chi connectivity index (χ4n) is 6.87. The number of aromatic nitrogens is 2. The minimum Gasteiger partial charge on any atom is -0.354 e. The molecular formula is C43H29N3. The monoisotopic (exact) mass is 587 g/mol. The Balaban J connectivity index is 1.28. The Bertz CT molecular complexity index is 2550. The second-order valence-corrected chi connectivity index (χ2v) is 11.7. The van der Waals surface area contributed by atoms with Crippen LogP contribution in [0.2, 0.25) is 0 Å². The standard InChI is InChI=1S/C43H29N3/c1-3-14-29(15-4-1)35-27-26-30-16-7-8-21-34(30)40(35)44-32-18-13-17-31(28-32)43-45-41-38-24-11-9-22-36(38)37-23-10-12-25-39(37)42(41)46(43)33-19-5-2-6-20-33/h1-28,44H. The Hall–Kier alpha value is -6.19. The molecule has 0 aliphatic carbocycles. The van der Waals surface area contributed by atoms with Crippen LogP contribution in [0.15, 0.2) is 170 Å². The Morgan fingerprint density at radius 2 is 1.07 bits per heavy atom. The van der Waals surface area contributed by atoms with Gasteiger partial charge in [0.1, 0.15) is 5.82 Å². The molecule has 0 unspecified atom stereocenters. The van der Waals surface area contributed by atoms with Crippen LogP contribution in [0.3, 0.4) is 0 Å². The third-order valence-electron chi connectivity index (χ3n) is 8.95.